The molecule has 0 aliphatic heterocycles. The van der Waals surface area contributed by atoms with E-state index in [1.54, 1.807) is 7.05 Å². The van der Waals surface area contributed by atoms with Crippen LogP contribution in [0.15, 0.2) is 10.9 Å². The number of anilines is 1. The number of nitrogen functional groups attached to an aromatic ring is 1. The van der Waals surface area contributed by atoms with E-state index in [0.717, 1.165) is 0 Å². The molecule has 0 unspecified atom stereocenters. The summed E-state index contributed by atoms with van der Waals surface area (Å²) >= 11 is 0. The molecule has 13 heavy (non-hydrogen) atoms. The van der Waals surface area contributed by atoms with Gasteiger partial charge in [-0.05, 0) is 7.05 Å². The number of hydrogen-bond donors (Lipinski definition) is 3. The highest BCUT2D eigenvalue weighted by Gasteiger charge is 1.95. The Kier molecular flexibility index (Phi) is 7.60. The lowest BCUT2D eigenvalue weighted by Crippen LogP contribution is -2.15. The van der Waals surface area contributed by atoms with Crippen molar-refractivity contribution in [2.24, 2.45) is 0 Å². The van der Waals surface area contributed by atoms with Gasteiger partial charge in [0.15, 0.2) is 0 Å². The Hall–Kier alpha value is -0.780. The largest absolute Gasteiger partial charge is 0.369 e. The highest BCUT2D eigenvalue weighted by molar-refractivity contribution is 5.85. The second-order valence-corrected chi connectivity index (χ2v) is 2.15. The molecule has 0 amide bonds. The Bertz CT molecular complexity index is 301. The van der Waals surface area contributed by atoms with Crippen LogP contribution in [0.4, 0.5) is 5.95 Å². The lowest BCUT2D eigenvalue weighted by atomic mass is 10.4. The highest BCUT2D eigenvalue weighted by atomic mass is 35.5. The normalized spacial score (nSPS) is 8.38. The van der Waals surface area contributed by atoms with Crippen LogP contribution < -0.4 is 16.6 Å². The van der Waals surface area contributed by atoms with E-state index < -0.39 is 0 Å². The molecule has 0 aliphatic rings. The summed E-state index contributed by atoms with van der Waals surface area (Å²) in [6.07, 6.45) is 0. The van der Waals surface area contributed by atoms with Gasteiger partial charge in [0.25, 0.3) is 5.56 Å². The molecule has 4 N–H and O–H groups in total. The van der Waals surface area contributed by atoms with Crippen molar-refractivity contribution < 1.29 is 0 Å². The maximum atomic E-state index is 10.8. The maximum absolute atomic E-state index is 10.8. The van der Waals surface area contributed by atoms with Crippen molar-refractivity contribution in [1.82, 2.24) is 15.3 Å². The van der Waals surface area contributed by atoms with E-state index in [1.807, 2.05) is 0 Å². The van der Waals surface area contributed by atoms with Crippen LogP contribution in [0.25, 0.3) is 0 Å². The summed E-state index contributed by atoms with van der Waals surface area (Å²) in [4.78, 5) is 17.0. The Morgan fingerprint density at radius 1 is 1.62 bits per heavy atom. The molecule has 0 bridgehead atoms. The van der Waals surface area contributed by atoms with Gasteiger partial charge >= 0.3 is 0 Å². The average molecular weight is 227 g/mol. The van der Waals surface area contributed by atoms with Crippen LogP contribution in [0.2, 0.25) is 0 Å². The van der Waals surface area contributed by atoms with Gasteiger partial charge in [-0.15, -0.1) is 24.8 Å². The van der Waals surface area contributed by atoms with Crippen molar-refractivity contribution in [3.05, 3.63) is 22.1 Å². The smallest absolute Gasteiger partial charge is 0.252 e. The topological polar surface area (TPSA) is 83.8 Å². The number of H-pyrrole nitrogens is 1. The van der Waals surface area contributed by atoms with E-state index in [9.17, 15) is 4.79 Å². The zero-order valence-corrected chi connectivity index (χ0v) is 8.67. The number of nitrogens with two attached hydrogens (primary N) is 1. The first-order valence-corrected chi connectivity index (χ1v) is 3.22. The molecule has 1 aromatic rings. The van der Waals surface area contributed by atoms with Crippen molar-refractivity contribution in [3.63, 3.8) is 0 Å². The second kappa shape index (κ2) is 6.71. The van der Waals surface area contributed by atoms with E-state index in [2.05, 4.69) is 15.3 Å². The Balaban J connectivity index is 0. The number of aromatic amines is 1. The monoisotopic (exact) mass is 226 g/mol. The molecule has 0 saturated heterocycles. The van der Waals surface area contributed by atoms with Crippen molar-refractivity contribution in [1.29, 1.82) is 0 Å². The van der Waals surface area contributed by atoms with E-state index in [4.69, 9.17) is 5.73 Å². The van der Waals surface area contributed by atoms with Crippen LogP contribution in [0, 0.1) is 0 Å². The van der Waals surface area contributed by atoms with Gasteiger partial charge in [0.1, 0.15) is 0 Å². The third-order valence-electron chi connectivity index (χ3n) is 1.17. The molecule has 0 spiro atoms. The van der Waals surface area contributed by atoms with Crippen molar-refractivity contribution in [2.45, 2.75) is 6.54 Å². The van der Waals surface area contributed by atoms with Crippen LogP contribution in [0.3, 0.4) is 0 Å². The number of rotatable bonds is 2. The van der Waals surface area contributed by atoms with Gasteiger partial charge in [0, 0.05) is 12.6 Å². The molecule has 0 fully saturated rings. The Labute approximate surface area is 88.0 Å². The fourth-order valence-electron chi connectivity index (χ4n) is 0.800. The number of halogens is 2. The van der Waals surface area contributed by atoms with Crippen LogP contribution in [0.5, 0.6) is 0 Å². The molecule has 5 nitrogen and oxygen atoms in total. The van der Waals surface area contributed by atoms with Crippen molar-refractivity contribution in [3.8, 4) is 0 Å². The van der Waals surface area contributed by atoms with Gasteiger partial charge in [-0.25, -0.2) is 4.98 Å². The summed E-state index contributed by atoms with van der Waals surface area (Å²) in [6, 6.07) is 1.41. The predicted octanol–water partition coefficient (Wildman–Crippen LogP) is -0.0849. The van der Waals surface area contributed by atoms with E-state index in [0.29, 0.717) is 12.2 Å². The predicted molar refractivity (Wildman–Crippen MR) is 56.5 cm³/mol. The standard InChI is InChI=1S/C6H10N4O.2ClH/c1-8-3-4-2-5(11)10-6(7)9-4;;/h2,8H,3H2,1H3,(H3,7,9,10,11);2*1H. The van der Waals surface area contributed by atoms with Gasteiger partial charge in [0.2, 0.25) is 5.95 Å². The van der Waals surface area contributed by atoms with Crippen molar-refractivity contribution >= 4 is 30.8 Å². The molecule has 1 aromatic heterocycles. The molecule has 1 heterocycles. The van der Waals surface area contributed by atoms with E-state index >= 15 is 0 Å². The summed E-state index contributed by atoms with van der Waals surface area (Å²) < 4.78 is 0. The summed E-state index contributed by atoms with van der Waals surface area (Å²) in [6.45, 7) is 0.550. The number of hydrogen-bond acceptors (Lipinski definition) is 4. The molecular weight excluding hydrogens is 215 g/mol. The van der Waals surface area contributed by atoms with E-state index in [-0.39, 0.29) is 36.3 Å². The average Bonchev–Trinajstić information content (AvgIpc) is 1.85. The van der Waals surface area contributed by atoms with Crippen molar-refractivity contribution in [2.75, 3.05) is 12.8 Å². The van der Waals surface area contributed by atoms with Gasteiger partial charge in [-0.2, -0.15) is 0 Å². The minimum absolute atomic E-state index is 0. The first kappa shape index (κ1) is 14.7. The highest BCUT2D eigenvalue weighted by Crippen LogP contribution is 1.90. The van der Waals surface area contributed by atoms with Gasteiger partial charge in [-0.3, -0.25) is 9.78 Å². The molecule has 76 valence electrons. The third kappa shape index (κ3) is 4.72. The second-order valence-electron chi connectivity index (χ2n) is 2.15. The fraction of sp³-hybridized carbons (Fsp3) is 0.333. The lowest BCUT2D eigenvalue weighted by Gasteiger charge is -1.98. The first-order valence-electron chi connectivity index (χ1n) is 3.22. The molecule has 7 heteroatoms. The number of nitrogens with one attached hydrogen (secondary N) is 2. The first-order chi connectivity index (χ1) is 5.22. The molecule has 0 saturated carbocycles. The SMILES string of the molecule is CNCc1cc(=O)[nH]c(N)n1.Cl.Cl. The van der Waals surface area contributed by atoms with Crippen LogP contribution in [-0.2, 0) is 6.54 Å². The molecular formula is C6H12Cl2N4O. The zero-order valence-electron chi connectivity index (χ0n) is 7.03. The quantitative estimate of drug-likeness (QED) is 0.659. The Morgan fingerprint density at radius 2 is 2.23 bits per heavy atom. The van der Waals surface area contributed by atoms with Crippen LogP contribution in [-0.4, -0.2) is 17.0 Å². The summed E-state index contributed by atoms with van der Waals surface area (Å²) in [5, 5.41) is 2.87. The molecule has 0 radical (unpaired) electrons. The minimum atomic E-state index is -0.220. The van der Waals surface area contributed by atoms with Crippen LogP contribution >= 0.6 is 24.8 Å². The van der Waals surface area contributed by atoms with Crippen LogP contribution in [0.1, 0.15) is 5.69 Å². The Morgan fingerprint density at radius 3 is 2.69 bits per heavy atom. The summed E-state index contributed by atoms with van der Waals surface area (Å²) in [5.74, 6) is 0.155. The molecule has 1 rings (SSSR count). The fourth-order valence-corrected chi connectivity index (χ4v) is 0.800. The lowest BCUT2D eigenvalue weighted by molar-refractivity contribution is 0.786. The summed E-state index contributed by atoms with van der Waals surface area (Å²) in [7, 11) is 1.78. The van der Waals surface area contributed by atoms with Gasteiger partial charge in [0.05, 0.1) is 5.69 Å². The van der Waals surface area contributed by atoms with Gasteiger partial charge < -0.3 is 11.1 Å². The zero-order chi connectivity index (χ0) is 8.27. The minimum Gasteiger partial charge on any atom is -0.369 e. The molecule has 0 atom stereocenters. The summed E-state index contributed by atoms with van der Waals surface area (Å²) in [5.41, 5.74) is 5.72. The van der Waals surface area contributed by atoms with E-state index in [1.165, 1.54) is 6.07 Å². The third-order valence-corrected chi connectivity index (χ3v) is 1.17. The van der Waals surface area contributed by atoms with Gasteiger partial charge in [-0.1, -0.05) is 0 Å². The maximum Gasteiger partial charge on any atom is 0.252 e. The molecule has 0 aromatic carbocycles. The number of nitrogens with zero attached hydrogens (tertiary/aromatic N) is 1. The molecule has 0 aliphatic carbocycles. The number of aromatic nitrogens is 2.